The molecule has 25 heavy (non-hydrogen) atoms. The molecule has 0 aromatic heterocycles. The van der Waals surface area contributed by atoms with Crippen molar-refractivity contribution in [3.8, 4) is 11.5 Å². The standard InChI is InChI=1S/C19H23ClN2O3/c1-13(22(2)12-14-5-7-15(20)8-6-14)19(23)21-17-11-16(24-3)9-10-18(17)25-4/h5-11,13H,12H2,1-4H3,(H,21,23). The van der Waals surface area contributed by atoms with Gasteiger partial charge < -0.3 is 14.8 Å². The van der Waals surface area contributed by atoms with Crippen LogP contribution in [0.4, 0.5) is 5.69 Å². The molecule has 1 N–H and O–H groups in total. The lowest BCUT2D eigenvalue weighted by Gasteiger charge is -2.24. The number of hydrogen-bond donors (Lipinski definition) is 1. The quantitative estimate of drug-likeness (QED) is 0.813. The van der Waals surface area contributed by atoms with Crippen LogP contribution in [0.2, 0.25) is 5.02 Å². The van der Waals surface area contributed by atoms with Crippen LogP contribution in [0.25, 0.3) is 0 Å². The zero-order valence-electron chi connectivity index (χ0n) is 14.9. The predicted molar refractivity (Wildman–Crippen MR) is 101 cm³/mol. The van der Waals surface area contributed by atoms with Crippen LogP contribution in [0, 0.1) is 0 Å². The van der Waals surface area contributed by atoms with Crippen LogP contribution in [0.15, 0.2) is 42.5 Å². The number of halogens is 1. The molecule has 1 unspecified atom stereocenters. The Balaban J connectivity index is 2.05. The van der Waals surface area contributed by atoms with E-state index >= 15 is 0 Å². The molecule has 0 aliphatic carbocycles. The number of likely N-dealkylation sites (N-methyl/N-ethyl adjacent to an activating group) is 1. The Bertz CT molecular complexity index is 719. The van der Waals surface area contributed by atoms with Crippen LogP contribution >= 0.6 is 11.6 Å². The average Bonchev–Trinajstić information content (AvgIpc) is 2.62. The fourth-order valence-electron chi connectivity index (χ4n) is 2.36. The van der Waals surface area contributed by atoms with Gasteiger partial charge in [0.05, 0.1) is 25.9 Å². The molecule has 0 aliphatic heterocycles. The van der Waals surface area contributed by atoms with Gasteiger partial charge in [0.25, 0.3) is 0 Å². The van der Waals surface area contributed by atoms with E-state index in [2.05, 4.69) is 5.32 Å². The minimum Gasteiger partial charge on any atom is -0.497 e. The van der Waals surface area contributed by atoms with Gasteiger partial charge in [-0.15, -0.1) is 0 Å². The minimum atomic E-state index is -0.327. The molecule has 5 nitrogen and oxygen atoms in total. The number of amides is 1. The highest BCUT2D eigenvalue weighted by molar-refractivity contribution is 6.30. The van der Waals surface area contributed by atoms with Gasteiger partial charge in [-0.05, 0) is 43.8 Å². The molecule has 134 valence electrons. The Morgan fingerprint density at radius 2 is 1.84 bits per heavy atom. The van der Waals surface area contributed by atoms with Gasteiger partial charge in [-0.2, -0.15) is 0 Å². The zero-order valence-corrected chi connectivity index (χ0v) is 15.6. The number of carbonyl (C=O) groups is 1. The van der Waals surface area contributed by atoms with Gasteiger partial charge in [-0.25, -0.2) is 0 Å². The topological polar surface area (TPSA) is 50.8 Å². The maximum Gasteiger partial charge on any atom is 0.241 e. The molecule has 0 bridgehead atoms. The summed E-state index contributed by atoms with van der Waals surface area (Å²) < 4.78 is 10.5. The van der Waals surface area contributed by atoms with Crippen molar-refractivity contribution < 1.29 is 14.3 Å². The van der Waals surface area contributed by atoms with Crippen LogP contribution in [0.1, 0.15) is 12.5 Å². The molecule has 0 radical (unpaired) electrons. The number of hydrogen-bond acceptors (Lipinski definition) is 4. The number of anilines is 1. The third kappa shape index (κ3) is 5.11. The predicted octanol–water partition coefficient (Wildman–Crippen LogP) is 3.82. The molecular formula is C19H23ClN2O3. The molecule has 2 aromatic carbocycles. The van der Waals surface area contributed by atoms with E-state index in [0.717, 1.165) is 5.56 Å². The summed E-state index contributed by atoms with van der Waals surface area (Å²) >= 11 is 5.90. The summed E-state index contributed by atoms with van der Waals surface area (Å²) in [5, 5.41) is 3.60. The van der Waals surface area contributed by atoms with Crippen molar-refractivity contribution in [1.29, 1.82) is 0 Å². The summed E-state index contributed by atoms with van der Waals surface area (Å²) in [6.45, 7) is 2.50. The number of ether oxygens (including phenoxy) is 2. The second-order valence-corrected chi connectivity index (χ2v) is 6.21. The van der Waals surface area contributed by atoms with Crippen molar-refractivity contribution in [1.82, 2.24) is 4.90 Å². The first-order valence-corrected chi connectivity index (χ1v) is 8.30. The lowest BCUT2D eigenvalue weighted by Crippen LogP contribution is -2.39. The summed E-state index contributed by atoms with van der Waals surface area (Å²) in [7, 11) is 5.05. The van der Waals surface area contributed by atoms with Gasteiger partial charge in [-0.1, -0.05) is 23.7 Å². The third-order valence-electron chi connectivity index (χ3n) is 4.05. The Labute approximate surface area is 153 Å². The fraction of sp³-hybridized carbons (Fsp3) is 0.316. The molecule has 1 atom stereocenters. The van der Waals surface area contributed by atoms with Crippen LogP contribution in [-0.4, -0.2) is 38.1 Å². The number of methoxy groups -OCH3 is 2. The molecule has 0 fully saturated rings. The zero-order chi connectivity index (χ0) is 18.4. The van der Waals surface area contributed by atoms with Crippen molar-refractivity contribution in [3.63, 3.8) is 0 Å². The van der Waals surface area contributed by atoms with Crippen molar-refractivity contribution in [2.75, 3.05) is 26.6 Å². The smallest absolute Gasteiger partial charge is 0.241 e. The van der Waals surface area contributed by atoms with Crippen molar-refractivity contribution in [3.05, 3.63) is 53.1 Å². The Hall–Kier alpha value is -2.24. The molecule has 6 heteroatoms. The summed E-state index contributed by atoms with van der Waals surface area (Å²) in [6, 6.07) is 12.5. The van der Waals surface area contributed by atoms with Gasteiger partial charge in [-0.3, -0.25) is 9.69 Å². The largest absolute Gasteiger partial charge is 0.497 e. The number of carbonyl (C=O) groups excluding carboxylic acids is 1. The third-order valence-corrected chi connectivity index (χ3v) is 4.30. The maximum atomic E-state index is 12.6. The first-order chi connectivity index (χ1) is 11.9. The maximum absolute atomic E-state index is 12.6. The minimum absolute atomic E-state index is 0.122. The van der Waals surface area contributed by atoms with Gasteiger partial charge in [0.15, 0.2) is 0 Å². The van der Waals surface area contributed by atoms with Crippen LogP contribution in [0.3, 0.4) is 0 Å². The fourth-order valence-corrected chi connectivity index (χ4v) is 2.49. The van der Waals surface area contributed by atoms with E-state index in [-0.39, 0.29) is 11.9 Å². The van der Waals surface area contributed by atoms with Crippen molar-refractivity contribution in [2.24, 2.45) is 0 Å². The molecule has 2 rings (SSSR count). The first kappa shape index (κ1) is 19.1. The van der Waals surface area contributed by atoms with Crippen LogP contribution in [-0.2, 0) is 11.3 Å². The van der Waals surface area contributed by atoms with E-state index < -0.39 is 0 Å². The van der Waals surface area contributed by atoms with Crippen molar-refractivity contribution >= 4 is 23.2 Å². The molecule has 1 amide bonds. The van der Waals surface area contributed by atoms with E-state index in [9.17, 15) is 4.79 Å². The number of nitrogens with zero attached hydrogens (tertiary/aromatic N) is 1. The van der Waals surface area contributed by atoms with Crippen molar-refractivity contribution in [2.45, 2.75) is 19.5 Å². The van der Waals surface area contributed by atoms with Gasteiger partial charge in [0.1, 0.15) is 11.5 Å². The SMILES string of the molecule is COc1ccc(OC)c(NC(=O)C(C)N(C)Cc2ccc(Cl)cc2)c1. The number of rotatable bonds is 7. The van der Waals surface area contributed by atoms with Gasteiger partial charge >= 0.3 is 0 Å². The number of nitrogens with one attached hydrogen (secondary N) is 1. The molecule has 0 heterocycles. The van der Waals surface area contributed by atoms with E-state index in [0.29, 0.717) is 28.8 Å². The summed E-state index contributed by atoms with van der Waals surface area (Å²) in [4.78, 5) is 14.6. The highest BCUT2D eigenvalue weighted by Crippen LogP contribution is 2.29. The van der Waals surface area contributed by atoms with E-state index in [4.69, 9.17) is 21.1 Å². The number of benzene rings is 2. The summed E-state index contributed by atoms with van der Waals surface area (Å²) in [5.74, 6) is 1.11. The monoisotopic (exact) mass is 362 g/mol. The van der Waals surface area contributed by atoms with Gasteiger partial charge in [0, 0.05) is 17.6 Å². The molecular weight excluding hydrogens is 340 g/mol. The Morgan fingerprint density at radius 1 is 1.16 bits per heavy atom. The second kappa shape index (κ2) is 8.74. The Morgan fingerprint density at radius 3 is 2.44 bits per heavy atom. The molecule has 0 spiro atoms. The van der Waals surface area contributed by atoms with Gasteiger partial charge in [0.2, 0.25) is 5.91 Å². The lowest BCUT2D eigenvalue weighted by atomic mass is 10.2. The summed E-state index contributed by atoms with van der Waals surface area (Å²) in [6.07, 6.45) is 0. The van der Waals surface area contributed by atoms with E-state index in [1.807, 2.05) is 43.1 Å². The summed E-state index contributed by atoms with van der Waals surface area (Å²) in [5.41, 5.74) is 1.67. The van der Waals surface area contributed by atoms with Crippen LogP contribution in [0.5, 0.6) is 11.5 Å². The van der Waals surface area contributed by atoms with Crippen LogP contribution < -0.4 is 14.8 Å². The highest BCUT2D eigenvalue weighted by Gasteiger charge is 2.20. The molecule has 2 aromatic rings. The lowest BCUT2D eigenvalue weighted by molar-refractivity contribution is -0.120. The molecule has 0 saturated heterocycles. The molecule has 0 aliphatic rings. The second-order valence-electron chi connectivity index (χ2n) is 5.77. The Kier molecular flexibility index (Phi) is 6.67. The molecule has 0 saturated carbocycles. The highest BCUT2D eigenvalue weighted by atomic mass is 35.5. The first-order valence-electron chi connectivity index (χ1n) is 7.92. The normalized spacial score (nSPS) is 11.9. The van der Waals surface area contributed by atoms with E-state index in [1.165, 1.54) is 0 Å². The van der Waals surface area contributed by atoms with E-state index in [1.54, 1.807) is 32.4 Å². The average molecular weight is 363 g/mol.